The van der Waals surface area contributed by atoms with Crippen molar-refractivity contribution in [2.45, 2.75) is 26.2 Å². The van der Waals surface area contributed by atoms with Gasteiger partial charge in [-0.3, -0.25) is 10.1 Å². The first-order valence-corrected chi connectivity index (χ1v) is 11.0. The summed E-state index contributed by atoms with van der Waals surface area (Å²) in [5.74, 6) is 0. The third-order valence-corrected chi connectivity index (χ3v) is 5.89. The number of anilines is 1. The van der Waals surface area contributed by atoms with Crippen LogP contribution >= 0.6 is 0 Å². The fourth-order valence-corrected chi connectivity index (χ4v) is 4.42. The van der Waals surface area contributed by atoms with Gasteiger partial charge >= 0.3 is 0 Å². The van der Waals surface area contributed by atoms with Crippen LogP contribution in [0.25, 0.3) is 39.0 Å². The quantitative estimate of drug-likeness (QED) is 0.342. The molecule has 7 heteroatoms. The molecule has 1 fully saturated rings. The van der Waals surface area contributed by atoms with Crippen molar-refractivity contribution in [1.82, 2.24) is 25.1 Å². The van der Waals surface area contributed by atoms with Crippen molar-refractivity contribution in [2.75, 3.05) is 25.0 Å². The molecular weight excluding hydrogens is 398 g/mol. The van der Waals surface area contributed by atoms with Gasteiger partial charge in [0.2, 0.25) is 0 Å². The molecule has 0 radical (unpaired) electrons. The monoisotopic (exact) mass is 425 g/mol. The normalized spacial score (nSPS) is 15.3. The minimum Gasteiger partial charge on any atom is -0.371 e. The smallest absolute Gasteiger partial charge is 0.181 e. The molecule has 0 spiro atoms. The molecule has 5 rings (SSSR count). The van der Waals surface area contributed by atoms with E-state index in [0.717, 1.165) is 57.6 Å². The van der Waals surface area contributed by atoms with Gasteiger partial charge in [-0.25, -0.2) is 9.97 Å². The van der Waals surface area contributed by atoms with E-state index in [-0.39, 0.29) is 0 Å². The van der Waals surface area contributed by atoms with Crippen LogP contribution in [-0.2, 0) is 0 Å². The number of hydrogen-bond donors (Lipinski definition) is 2. The molecule has 0 bridgehead atoms. The van der Waals surface area contributed by atoms with Gasteiger partial charge < -0.3 is 9.88 Å². The number of aliphatic imine (C=N–C) groups is 1. The molecule has 0 aliphatic carbocycles. The second-order valence-corrected chi connectivity index (χ2v) is 8.35. The van der Waals surface area contributed by atoms with E-state index in [2.05, 4.69) is 59.8 Å². The van der Waals surface area contributed by atoms with Crippen molar-refractivity contribution in [3.05, 3.63) is 54.4 Å². The number of rotatable bonds is 5. The first-order chi connectivity index (χ1) is 15.6. The fourth-order valence-electron chi connectivity index (χ4n) is 4.42. The molecule has 1 aliphatic rings. The molecule has 162 valence electrons. The van der Waals surface area contributed by atoms with Crippen molar-refractivity contribution in [3.8, 4) is 11.4 Å². The predicted octanol–water partition coefficient (Wildman–Crippen LogP) is 5.15. The number of aromatic amines is 2. The standard InChI is InChI=1S/C25H27N7/c1-16(2)11-17(14-26-3)18-12-20-23(30-31-25(20)28-15-18)21-13-19-22(7-8-27-24(19)29-21)32-9-5-4-6-10-32/h7-8,11-15H,1,4-6,9-10H2,2-3H3,(H,27,29)(H,28,30,31)/b17-11+,26-14?. The van der Waals surface area contributed by atoms with Crippen molar-refractivity contribution in [1.29, 1.82) is 0 Å². The second-order valence-electron chi connectivity index (χ2n) is 8.35. The third-order valence-electron chi connectivity index (χ3n) is 5.89. The maximum atomic E-state index is 4.58. The minimum atomic E-state index is 0.676. The van der Waals surface area contributed by atoms with Gasteiger partial charge in [-0.2, -0.15) is 5.10 Å². The van der Waals surface area contributed by atoms with Crippen molar-refractivity contribution < 1.29 is 0 Å². The molecule has 0 atom stereocenters. The Kier molecular flexibility index (Phi) is 5.31. The van der Waals surface area contributed by atoms with Crippen molar-refractivity contribution in [3.63, 3.8) is 0 Å². The van der Waals surface area contributed by atoms with Crippen LogP contribution in [-0.4, -0.2) is 51.5 Å². The fraction of sp³-hybridized carbons (Fsp3) is 0.280. The SMILES string of the molecule is C=C(C)/C=C(\C=NC)c1cnc2n[nH]c(-c3cc4c(N5CCCCC5)ccnc4[nH]3)c2c1. The number of aromatic nitrogens is 5. The molecule has 2 N–H and O–H groups in total. The van der Waals surface area contributed by atoms with Gasteiger partial charge in [0.1, 0.15) is 5.65 Å². The summed E-state index contributed by atoms with van der Waals surface area (Å²) in [4.78, 5) is 19.3. The van der Waals surface area contributed by atoms with Gasteiger partial charge in [0.15, 0.2) is 5.65 Å². The zero-order valence-electron chi connectivity index (χ0n) is 18.5. The molecule has 4 aromatic rings. The third kappa shape index (κ3) is 3.70. The van der Waals surface area contributed by atoms with Crippen molar-refractivity contribution in [2.24, 2.45) is 4.99 Å². The number of piperidine rings is 1. The van der Waals surface area contributed by atoms with Gasteiger partial charge in [-0.1, -0.05) is 18.2 Å². The van der Waals surface area contributed by atoms with Gasteiger partial charge in [-0.15, -0.1) is 0 Å². The highest BCUT2D eigenvalue weighted by atomic mass is 15.2. The van der Waals surface area contributed by atoms with Gasteiger partial charge in [-0.05, 0) is 44.4 Å². The van der Waals surface area contributed by atoms with Crippen LogP contribution in [0.4, 0.5) is 5.69 Å². The summed E-state index contributed by atoms with van der Waals surface area (Å²) in [5, 5.41) is 9.69. The Hall–Kier alpha value is -3.74. The van der Waals surface area contributed by atoms with E-state index < -0.39 is 0 Å². The number of nitrogens with one attached hydrogen (secondary N) is 2. The van der Waals surface area contributed by atoms with Crippen molar-refractivity contribution >= 4 is 39.5 Å². The lowest BCUT2D eigenvalue weighted by atomic mass is 10.0. The summed E-state index contributed by atoms with van der Waals surface area (Å²) in [6, 6.07) is 6.39. The molecule has 0 aromatic carbocycles. The zero-order valence-corrected chi connectivity index (χ0v) is 18.5. The molecule has 0 unspecified atom stereocenters. The van der Waals surface area contributed by atoms with Gasteiger partial charge in [0, 0.05) is 66.3 Å². The highest BCUT2D eigenvalue weighted by Crippen LogP contribution is 2.33. The Bertz CT molecular complexity index is 1350. The van der Waals surface area contributed by atoms with Crippen LogP contribution in [0.5, 0.6) is 0 Å². The number of allylic oxidation sites excluding steroid dienone is 3. The van der Waals surface area contributed by atoms with E-state index in [1.54, 1.807) is 7.05 Å². The van der Waals surface area contributed by atoms with E-state index in [1.807, 2.05) is 31.6 Å². The predicted molar refractivity (Wildman–Crippen MR) is 132 cm³/mol. The van der Waals surface area contributed by atoms with E-state index >= 15 is 0 Å². The minimum absolute atomic E-state index is 0.676. The Morgan fingerprint density at radius 2 is 2.00 bits per heavy atom. The average molecular weight is 426 g/mol. The molecule has 32 heavy (non-hydrogen) atoms. The number of H-pyrrole nitrogens is 2. The largest absolute Gasteiger partial charge is 0.371 e. The zero-order chi connectivity index (χ0) is 22.1. The lowest BCUT2D eigenvalue weighted by Crippen LogP contribution is -2.29. The van der Waals surface area contributed by atoms with Crippen LogP contribution in [0.2, 0.25) is 0 Å². The maximum Gasteiger partial charge on any atom is 0.181 e. The molecule has 1 saturated heterocycles. The van der Waals surface area contributed by atoms with Crippen LogP contribution in [0.15, 0.2) is 53.8 Å². The topological polar surface area (TPSA) is 85.8 Å². The first kappa shape index (κ1) is 20.2. The number of nitrogens with zero attached hydrogens (tertiary/aromatic N) is 5. The second kappa shape index (κ2) is 8.42. The first-order valence-electron chi connectivity index (χ1n) is 11.0. The van der Waals surface area contributed by atoms with E-state index in [1.165, 1.54) is 24.9 Å². The molecule has 1 aliphatic heterocycles. The van der Waals surface area contributed by atoms with Crippen LogP contribution < -0.4 is 4.90 Å². The number of pyridine rings is 2. The summed E-state index contributed by atoms with van der Waals surface area (Å²) in [5.41, 5.74) is 7.55. The lowest BCUT2D eigenvalue weighted by molar-refractivity contribution is 0.579. The van der Waals surface area contributed by atoms with Crippen LogP contribution in [0.1, 0.15) is 31.7 Å². The summed E-state index contributed by atoms with van der Waals surface area (Å²) >= 11 is 0. The summed E-state index contributed by atoms with van der Waals surface area (Å²) in [7, 11) is 1.76. The lowest BCUT2D eigenvalue weighted by Gasteiger charge is -2.29. The molecule has 0 amide bonds. The number of hydrogen-bond acceptors (Lipinski definition) is 5. The number of fused-ring (bicyclic) bond motifs is 2. The highest BCUT2D eigenvalue weighted by molar-refractivity contribution is 6.11. The Labute approximate surface area is 187 Å². The Morgan fingerprint density at radius 1 is 1.16 bits per heavy atom. The maximum absolute atomic E-state index is 4.58. The average Bonchev–Trinajstić information content (AvgIpc) is 3.42. The van der Waals surface area contributed by atoms with Gasteiger partial charge in [0.05, 0.1) is 11.4 Å². The Morgan fingerprint density at radius 3 is 2.78 bits per heavy atom. The molecule has 5 heterocycles. The van der Waals surface area contributed by atoms with E-state index in [9.17, 15) is 0 Å². The highest BCUT2D eigenvalue weighted by Gasteiger charge is 2.18. The molecular formula is C25H27N7. The summed E-state index contributed by atoms with van der Waals surface area (Å²) < 4.78 is 0. The van der Waals surface area contributed by atoms with Crippen LogP contribution in [0.3, 0.4) is 0 Å². The Balaban J connectivity index is 1.61. The van der Waals surface area contributed by atoms with Gasteiger partial charge in [0.25, 0.3) is 0 Å². The van der Waals surface area contributed by atoms with E-state index in [4.69, 9.17) is 0 Å². The molecule has 7 nitrogen and oxygen atoms in total. The summed E-state index contributed by atoms with van der Waals surface area (Å²) in [6.07, 6.45) is 11.3. The molecule has 4 aromatic heterocycles. The van der Waals surface area contributed by atoms with E-state index in [0.29, 0.717) is 5.65 Å². The molecule has 0 saturated carbocycles. The van der Waals surface area contributed by atoms with Crippen LogP contribution in [0, 0.1) is 0 Å². The summed E-state index contributed by atoms with van der Waals surface area (Å²) in [6.45, 7) is 8.15.